The lowest BCUT2D eigenvalue weighted by atomic mass is 10.4. The van der Waals surface area contributed by atoms with Gasteiger partial charge in [0.05, 0.1) is 12.4 Å². The molecule has 0 saturated heterocycles. The average Bonchev–Trinajstić information content (AvgIpc) is 3.39. The number of aromatic nitrogens is 5. The largest absolute Gasteiger partial charge is 0.302 e. The van der Waals surface area contributed by atoms with Crippen LogP contribution in [-0.4, -0.2) is 24.7 Å². The first kappa shape index (κ1) is 11.9. The van der Waals surface area contributed by atoms with Crippen molar-refractivity contribution in [2.75, 3.05) is 0 Å². The molecule has 0 amide bonds. The fourth-order valence-corrected chi connectivity index (χ4v) is 2.99. The maximum absolute atomic E-state index is 8.73. The van der Waals surface area contributed by atoms with Gasteiger partial charge in [0.25, 0.3) is 0 Å². The number of nitrogens with zero attached hydrogens (tertiary/aromatic N) is 6. The molecule has 0 N–H and O–H groups in total. The molecule has 4 rings (SSSR count). The van der Waals surface area contributed by atoms with Gasteiger partial charge in [-0.05, 0) is 37.4 Å². The number of hydrogen-bond donors (Lipinski definition) is 0. The Bertz CT molecular complexity index is 678. The van der Waals surface area contributed by atoms with E-state index < -0.39 is 0 Å². The van der Waals surface area contributed by atoms with Gasteiger partial charge in [-0.15, -0.1) is 10.2 Å². The van der Waals surface area contributed by atoms with Crippen molar-refractivity contribution >= 4 is 11.8 Å². The summed E-state index contributed by atoms with van der Waals surface area (Å²) in [6, 6.07) is 2.53. The minimum absolute atomic E-state index is 0.330. The highest BCUT2D eigenvalue weighted by atomic mass is 32.2. The number of rotatable bonds is 4. The van der Waals surface area contributed by atoms with E-state index in [0.29, 0.717) is 17.7 Å². The topological polar surface area (TPSA) is 80.3 Å². The second kappa shape index (κ2) is 4.56. The minimum atomic E-state index is 0.330. The van der Waals surface area contributed by atoms with Gasteiger partial charge in [-0.25, -0.2) is 9.97 Å². The van der Waals surface area contributed by atoms with E-state index in [1.54, 1.807) is 6.20 Å². The zero-order chi connectivity index (χ0) is 13.5. The average molecular weight is 284 g/mol. The molecule has 7 heteroatoms. The van der Waals surface area contributed by atoms with Gasteiger partial charge in [0.15, 0.2) is 10.9 Å². The van der Waals surface area contributed by atoms with E-state index in [1.165, 1.54) is 43.6 Å². The van der Waals surface area contributed by atoms with E-state index in [9.17, 15) is 0 Å². The summed E-state index contributed by atoms with van der Waals surface area (Å²) >= 11 is 1.47. The van der Waals surface area contributed by atoms with Crippen molar-refractivity contribution in [2.24, 2.45) is 0 Å². The van der Waals surface area contributed by atoms with Gasteiger partial charge in [0, 0.05) is 12.0 Å². The molecule has 2 fully saturated rings. The molecule has 6 nitrogen and oxygen atoms in total. The quantitative estimate of drug-likeness (QED) is 0.857. The van der Waals surface area contributed by atoms with Gasteiger partial charge in [-0.1, -0.05) is 0 Å². The molecular formula is C13H12N6S. The first-order chi connectivity index (χ1) is 9.85. The van der Waals surface area contributed by atoms with E-state index in [4.69, 9.17) is 5.26 Å². The van der Waals surface area contributed by atoms with Crippen molar-refractivity contribution in [3.63, 3.8) is 0 Å². The Morgan fingerprint density at radius 1 is 1.15 bits per heavy atom. The van der Waals surface area contributed by atoms with Crippen LogP contribution in [0.2, 0.25) is 0 Å². The van der Waals surface area contributed by atoms with Gasteiger partial charge < -0.3 is 4.57 Å². The first-order valence-electron chi connectivity index (χ1n) is 6.70. The molecule has 0 aliphatic heterocycles. The molecule has 2 heterocycles. The summed E-state index contributed by atoms with van der Waals surface area (Å²) in [5, 5.41) is 19.1. The number of hydrogen-bond acceptors (Lipinski definition) is 6. The molecule has 2 aromatic rings. The number of nitriles is 1. The second-order valence-electron chi connectivity index (χ2n) is 5.17. The molecule has 20 heavy (non-hydrogen) atoms. The highest BCUT2D eigenvalue weighted by Crippen LogP contribution is 2.46. The zero-order valence-corrected chi connectivity index (χ0v) is 11.5. The Balaban J connectivity index is 1.63. The van der Waals surface area contributed by atoms with Crippen molar-refractivity contribution in [1.29, 1.82) is 5.26 Å². The Morgan fingerprint density at radius 3 is 2.60 bits per heavy atom. The van der Waals surface area contributed by atoms with Crippen LogP contribution < -0.4 is 0 Å². The Hall–Kier alpha value is -1.94. The molecular weight excluding hydrogens is 272 g/mol. The third kappa shape index (κ3) is 2.16. The molecule has 0 bridgehead atoms. The van der Waals surface area contributed by atoms with Crippen LogP contribution in [0.3, 0.4) is 0 Å². The van der Waals surface area contributed by atoms with Gasteiger partial charge in [-0.2, -0.15) is 5.26 Å². The van der Waals surface area contributed by atoms with E-state index in [-0.39, 0.29) is 0 Å². The molecule has 0 aromatic carbocycles. The molecule has 2 saturated carbocycles. The van der Waals surface area contributed by atoms with E-state index in [0.717, 1.165) is 16.0 Å². The van der Waals surface area contributed by atoms with Crippen LogP contribution in [-0.2, 0) is 0 Å². The minimum Gasteiger partial charge on any atom is -0.302 e. The summed E-state index contributed by atoms with van der Waals surface area (Å²) < 4.78 is 2.28. The molecule has 0 atom stereocenters. The summed E-state index contributed by atoms with van der Waals surface area (Å²) in [4.78, 5) is 8.27. The highest BCUT2D eigenvalue weighted by Gasteiger charge is 2.36. The standard InChI is InChI=1S/C13H12N6S/c14-5-9-6-16-11(7-15-9)20-13-18-17-12(8-1-2-8)19(13)10-3-4-10/h6-8,10H,1-4H2. The van der Waals surface area contributed by atoms with Gasteiger partial charge in [0.2, 0.25) is 0 Å². The molecule has 0 spiro atoms. The van der Waals surface area contributed by atoms with Crippen LogP contribution in [0.25, 0.3) is 0 Å². The van der Waals surface area contributed by atoms with Crippen LogP contribution in [0.5, 0.6) is 0 Å². The fraction of sp³-hybridized carbons (Fsp3) is 0.462. The van der Waals surface area contributed by atoms with Crippen LogP contribution in [0, 0.1) is 11.3 Å². The maximum atomic E-state index is 8.73. The summed E-state index contributed by atoms with van der Waals surface area (Å²) in [5.41, 5.74) is 0.330. The molecule has 2 aliphatic rings. The van der Waals surface area contributed by atoms with Crippen molar-refractivity contribution in [2.45, 2.75) is 47.8 Å². The predicted octanol–water partition coefficient (Wildman–Crippen LogP) is 2.30. The van der Waals surface area contributed by atoms with Crippen molar-refractivity contribution in [3.8, 4) is 6.07 Å². The van der Waals surface area contributed by atoms with E-state index >= 15 is 0 Å². The second-order valence-corrected chi connectivity index (χ2v) is 6.16. The normalized spacial score (nSPS) is 17.9. The molecule has 2 aromatic heterocycles. The van der Waals surface area contributed by atoms with Crippen molar-refractivity contribution < 1.29 is 0 Å². The van der Waals surface area contributed by atoms with Crippen LogP contribution in [0.1, 0.15) is 49.2 Å². The Labute approximate surface area is 120 Å². The van der Waals surface area contributed by atoms with Gasteiger partial charge >= 0.3 is 0 Å². The van der Waals surface area contributed by atoms with Crippen LogP contribution in [0.15, 0.2) is 22.6 Å². The summed E-state index contributed by atoms with van der Waals surface area (Å²) in [6.07, 6.45) is 7.99. The lowest BCUT2D eigenvalue weighted by Gasteiger charge is -2.07. The van der Waals surface area contributed by atoms with Crippen molar-refractivity contribution in [3.05, 3.63) is 23.9 Å². The van der Waals surface area contributed by atoms with Gasteiger partial charge in [-0.3, -0.25) is 0 Å². The monoisotopic (exact) mass is 284 g/mol. The maximum Gasteiger partial charge on any atom is 0.197 e. The SMILES string of the molecule is N#Cc1cnc(Sc2nnc(C3CC3)n2C2CC2)cn1. The molecule has 2 aliphatic carbocycles. The highest BCUT2D eigenvalue weighted by molar-refractivity contribution is 7.99. The third-order valence-corrected chi connectivity index (χ3v) is 4.36. The summed E-state index contributed by atoms with van der Waals surface area (Å²) in [6.45, 7) is 0. The zero-order valence-electron chi connectivity index (χ0n) is 10.7. The van der Waals surface area contributed by atoms with Crippen LogP contribution >= 0.6 is 11.8 Å². The molecule has 0 unspecified atom stereocenters. The first-order valence-corrected chi connectivity index (χ1v) is 7.51. The van der Waals surface area contributed by atoms with E-state index in [2.05, 4.69) is 24.7 Å². The van der Waals surface area contributed by atoms with Gasteiger partial charge in [0.1, 0.15) is 16.9 Å². The summed E-state index contributed by atoms with van der Waals surface area (Å²) in [5.74, 6) is 1.74. The summed E-state index contributed by atoms with van der Waals surface area (Å²) in [7, 11) is 0. The molecule has 0 radical (unpaired) electrons. The lowest BCUT2D eigenvalue weighted by Crippen LogP contribution is -2.02. The Morgan fingerprint density at radius 2 is 2.00 bits per heavy atom. The Kier molecular flexibility index (Phi) is 2.70. The van der Waals surface area contributed by atoms with Crippen LogP contribution in [0.4, 0.5) is 0 Å². The van der Waals surface area contributed by atoms with E-state index in [1.807, 2.05) is 6.07 Å². The molecule has 100 valence electrons. The third-order valence-electron chi connectivity index (χ3n) is 3.48. The van der Waals surface area contributed by atoms with Crippen molar-refractivity contribution in [1.82, 2.24) is 24.7 Å². The smallest absolute Gasteiger partial charge is 0.197 e. The fourth-order valence-electron chi connectivity index (χ4n) is 2.17. The predicted molar refractivity (Wildman–Crippen MR) is 71.1 cm³/mol. The lowest BCUT2D eigenvalue weighted by molar-refractivity contribution is 0.626.